The van der Waals surface area contributed by atoms with E-state index in [1.807, 2.05) is 24.4 Å². The van der Waals surface area contributed by atoms with Crippen LogP contribution in [0, 0.1) is 0 Å². The topological polar surface area (TPSA) is 54.4 Å². The van der Waals surface area contributed by atoms with Crippen molar-refractivity contribution in [3.8, 4) is 5.75 Å². The maximum absolute atomic E-state index is 5.52. The first-order chi connectivity index (χ1) is 13.3. The molecule has 0 bridgehead atoms. The largest absolute Gasteiger partial charge is 0.495 e. The zero-order chi connectivity index (χ0) is 18.5. The molecule has 0 N–H and O–H groups in total. The number of piperidine rings is 1. The van der Waals surface area contributed by atoms with Crippen LogP contribution in [-0.2, 0) is 0 Å². The first kappa shape index (κ1) is 18.2. The molecule has 0 radical (unpaired) electrons. The fourth-order valence-electron chi connectivity index (χ4n) is 4.56. The monoisotopic (exact) mass is 367 g/mol. The molecule has 2 aromatic heterocycles. The number of hydrogen-bond acceptors (Lipinski definition) is 6. The van der Waals surface area contributed by atoms with Crippen molar-refractivity contribution in [1.82, 2.24) is 20.1 Å². The summed E-state index contributed by atoms with van der Waals surface area (Å²) in [6, 6.07) is 8.70. The molecule has 27 heavy (non-hydrogen) atoms. The molecule has 0 spiro atoms. The fourth-order valence-corrected chi connectivity index (χ4v) is 4.56. The van der Waals surface area contributed by atoms with E-state index in [1.165, 1.54) is 19.3 Å². The molecule has 1 atom stereocenters. The highest BCUT2D eigenvalue weighted by Crippen LogP contribution is 2.34. The second-order valence-corrected chi connectivity index (χ2v) is 7.55. The number of nitrogens with zero attached hydrogens (tertiary/aromatic N) is 5. The van der Waals surface area contributed by atoms with E-state index in [4.69, 9.17) is 4.74 Å². The van der Waals surface area contributed by atoms with E-state index >= 15 is 0 Å². The van der Waals surface area contributed by atoms with Crippen molar-refractivity contribution in [3.63, 3.8) is 0 Å². The number of pyridine rings is 1. The first-order valence-electron chi connectivity index (χ1n) is 10.1. The van der Waals surface area contributed by atoms with Crippen molar-refractivity contribution in [3.05, 3.63) is 42.4 Å². The number of hydrogen-bond donors (Lipinski definition) is 0. The summed E-state index contributed by atoms with van der Waals surface area (Å²) in [5, 5.41) is 8.32. The van der Waals surface area contributed by atoms with Gasteiger partial charge in [-0.25, -0.2) is 0 Å². The van der Waals surface area contributed by atoms with Crippen molar-refractivity contribution in [1.29, 1.82) is 0 Å². The van der Waals surface area contributed by atoms with Crippen molar-refractivity contribution in [2.45, 2.75) is 44.1 Å². The lowest BCUT2D eigenvalue weighted by atomic mass is 9.91. The smallest absolute Gasteiger partial charge is 0.151 e. The number of aromatic nitrogens is 3. The predicted octanol–water partition coefficient (Wildman–Crippen LogP) is 3.12. The van der Waals surface area contributed by atoms with Crippen LogP contribution in [0.15, 0.2) is 36.7 Å². The number of rotatable bonds is 4. The fraction of sp³-hybridized carbons (Fsp3) is 0.571. The average Bonchev–Trinajstić information content (AvgIpc) is 3.01. The summed E-state index contributed by atoms with van der Waals surface area (Å²) in [5.41, 5.74) is 1.13. The molecule has 0 amide bonds. The third-order valence-corrected chi connectivity index (χ3v) is 6.03. The minimum absolute atomic E-state index is 0.513. The zero-order valence-electron chi connectivity index (χ0n) is 16.1. The third kappa shape index (κ3) is 4.21. The summed E-state index contributed by atoms with van der Waals surface area (Å²) in [7, 11) is 1.74. The van der Waals surface area contributed by atoms with Crippen LogP contribution < -0.4 is 9.64 Å². The quantitative estimate of drug-likeness (QED) is 0.828. The van der Waals surface area contributed by atoms with Gasteiger partial charge in [0, 0.05) is 37.4 Å². The van der Waals surface area contributed by atoms with Gasteiger partial charge in [-0.3, -0.25) is 4.98 Å². The van der Waals surface area contributed by atoms with Gasteiger partial charge in [0.2, 0.25) is 0 Å². The van der Waals surface area contributed by atoms with Crippen molar-refractivity contribution in [2.75, 3.05) is 38.2 Å². The Balaban J connectivity index is 1.33. The second-order valence-electron chi connectivity index (χ2n) is 7.55. The molecule has 1 unspecified atom stereocenters. The lowest BCUT2D eigenvalue weighted by Gasteiger charge is -2.37. The van der Waals surface area contributed by atoms with E-state index in [1.54, 1.807) is 13.3 Å². The minimum atomic E-state index is 0.513. The van der Waals surface area contributed by atoms with E-state index in [0.717, 1.165) is 56.3 Å². The molecule has 0 aromatic carbocycles. The number of ether oxygens (including phenoxy) is 1. The average molecular weight is 367 g/mol. The van der Waals surface area contributed by atoms with Gasteiger partial charge in [-0.15, -0.1) is 5.10 Å². The number of anilines is 1. The maximum atomic E-state index is 5.52. The summed E-state index contributed by atoms with van der Waals surface area (Å²) in [5.74, 6) is 2.46. The van der Waals surface area contributed by atoms with Gasteiger partial charge in [-0.05, 0) is 69.5 Å². The Labute approximate surface area is 161 Å². The summed E-state index contributed by atoms with van der Waals surface area (Å²) in [6.45, 7) is 4.45. The Morgan fingerprint density at radius 1 is 0.963 bits per heavy atom. The van der Waals surface area contributed by atoms with Gasteiger partial charge < -0.3 is 14.5 Å². The minimum Gasteiger partial charge on any atom is -0.495 e. The van der Waals surface area contributed by atoms with Gasteiger partial charge >= 0.3 is 0 Å². The molecule has 6 nitrogen and oxygen atoms in total. The predicted molar refractivity (Wildman–Crippen MR) is 106 cm³/mol. The lowest BCUT2D eigenvalue weighted by molar-refractivity contribution is 0.140. The van der Waals surface area contributed by atoms with E-state index in [-0.39, 0.29) is 0 Å². The Kier molecular flexibility index (Phi) is 5.82. The van der Waals surface area contributed by atoms with Crippen molar-refractivity contribution in [2.24, 2.45) is 0 Å². The summed E-state index contributed by atoms with van der Waals surface area (Å²) < 4.78 is 5.52. The van der Waals surface area contributed by atoms with Gasteiger partial charge in [0.05, 0.1) is 12.8 Å². The Hall–Kier alpha value is -2.21. The van der Waals surface area contributed by atoms with Crippen LogP contribution in [-0.4, -0.2) is 59.4 Å². The molecule has 144 valence electrons. The van der Waals surface area contributed by atoms with Gasteiger partial charge in [0.25, 0.3) is 0 Å². The molecular weight excluding hydrogens is 338 g/mol. The molecule has 2 fully saturated rings. The van der Waals surface area contributed by atoms with E-state index in [0.29, 0.717) is 12.0 Å². The van der Waals surface area contributed by atoms with Gasteiger partial charge in [0.1, 0.15) is 5.75 Å². The maximum Gasteiger partial charge on any atom is 0.151 e. The van der Waals surface area contributed by atoms with Crippen LogP contribution in [0.5, 0.6) is 5.75 Å². The standard InChI is InChI=1S/C21H29N5O/c1-27-19-6-2-11-22-21(19)17-8-14-25(15-9-17)18-5-4-13-26(16-10-18)20-7-3-12-23-24-20/h2-3,6-7,11-12,17-18H,4-5,8-10,13-16H2,1H3. The summed E-state index contributed by atoms with van der Waals surface area (Å²) in [6.07, 6.45) is 9.65. The van der Waals surface area contributed by atoms with Crippen LogP contribution in [0.4, 0.5) is 5.82 Å². The highest BCUT2D eigenvalue weighted by Gasteiger charge is 2.29. The molecule has 2 aromatic rings. The van der Waals surface area contributed by atoms with Gasteiger partial charge in [0.15, 0.2) is 5.82 Å². The normalized spacial score (nSPS) is 22.4. The third-order valence-electron chi connectivity index (χ3n) is 6.03. The van der Waals surface area contributed by atoms with Crippen LogP contribution in [0.3, 0.4) is 0 Å². The van der Waals surface area contributed by atoms with Crippen molar-refractivity contribution >= 4 is 5.82 Å². The van der Waals surface area contributed by atoms with E-state index in [2.05, 4.69) is 31.0 Å². The highest BCUT2D eigenvalue weighted by molar-refractivity contribution is 5.36. The van der Waals surface area contributed by atoms with Crippen LogP contribution in [0.1, 0.15) is 43.7 Å². The highest BCUT2D eigenvalue weighted by atomic mass is 16.5. The summed E-state index contributed by atoms with van der Waals surface area (Å²) >= 11 is 0. The molecule has 4 rings (SSSR count). The molecule has 2 saturated heterocycles. The first-order valence-corrected chi connectivity index (χ1v) is 10.1. The molecule has 0 aliphatic carbocycles. The van der Waals surface area contributed by atoms with Crippen LogP contribution >= 0.6 is 0 Å². The SMILES string of the molecule is COc1cccnc1C1CCN(C2CCCN(c3cccnn3)CC2)CC1. The van der Waals surface area contributed by atoms with Gasteiger partial charge in [-0.1, -0.05) is 0 Å². The lowest BCUT2D eigenvalue weighted by Crippen LogP contribution is -2.41. The summed E-state index contributed by atoms with van der Waals surface area (Å²) in [4.78, 5) is 9.69. The van der Waals surface area contributed by atoms with E-state index in [9.17, 15) is 0 Å². The Morgan fingerprint density at radius 3 is 2.59 bits per heavy atom. The second kappa shape index (κ2) is 8.65. The molecular formula is C21H29N5O. The molecule has 2 aliphatic rings. The number of methoxy groups -OCH3 is 1. The number of likely N-dealkylation sites (tertiary alicyclic amines) is 1. The molecule has 2 aliphatic heterocycles. The Morgan fingerprint density at radius 2 is 1.81 bits per heavy atom. The van der Waals surface area contributed by atoms with Crippen LogP contribution in [0.25, 0.3) is 0 Å². The zero-order valence-corrected chi connectivity index (χ0v) is 16.1. The molecule has 0 saturated carbocycles. The molecule has 6 heteroatoms. The molecule has 4 heterocycles. The van der Waals surface area contributed by atoms with Crippen LogP contribution in [0.2, 0.25) is 0 Å². The van der Waals surface area contributed by atoms with Gasteiger partial charge in [-0.2, -0.15) is 5.10 Å². The van der Waals surface area contributed by atoms with E-state index < -0.39 is 0 Å². The Bertz CT molecular complexity index is 718. The van der Waals surface area contributed by atoms with Crippen molar-refractivity contribution < 1.29 is 4.74 Å².